The highest BCUT2D eigenvalue weighted by atomic mass is 35.5. The van der Waals surface area contributed by atoms with Crippen LogP contribution in [-0.4, -0.2) is 39.0 Å². The van der Waals surface area contributed by atoms with E-state index in [4.69, 9.17) is 11.6 Å². The fourth-order valence-corrected chi connectivity index (χ4v) is 3.99. The van der Waals surface area contributed by atoms with E-state index in [1.165, 1.54) is 17.3 Å². The Kier molecular flexibility index (Phi) is 4.41. The predicted molar refractivity (Wildman–Crippen MR) is 69.1 cm³/mol. The number of nitrogens with zero attached hydrogens (tertiary/aromatic N) is 2. The van der Waals surface area contributed by atoms with Gasteiger partial charge in [-0.15, -0.1) is 0 Å². The van der Waals surface area contributed by atoms with Crippen LogP contribution in [0.5, 0.6) is 0 Å². The number of hydrogen-bond acceptors (Lipinski definition) is 5. The van der Waals surface area contributed by atoms with Crippen molar-refractivity contribution in [2.24, 2.45) is 0 Å². The van der Waals surface area contributed by atoms with Crippen molar-refractivity contribution in [3.63, 3.8) is 0 Å². The summed E-state index contributed by atoms with van der Waals surface area (Å²) >= 11 is 9.70. The van der Waals surface area contributed by atoms with Crippen LogP contribution in [0.3, 0.4) is 0 Å². The molecular formula is C9H12ClN3S2. The van der Waals surface area contributed by atoms with E-state index in [1.807, 2.05) is 23.5 Å². The molecule has 3 nitrogen and oxygen atoms in total. The Morgan fingerprint density at radius 1 is 1.40 bits per heavy atom. The molecule has 6 heteroatoms. The smallest absolute Gasteiger partial charge is 0.147 e. The van der Waals surface area contributed by atoms with Crippen molar-refractivity contribution < 1.29 is 0 Å². The minimum Gasteiger partial charge on any atom is -0.368 e. The van der Waals surface area contributed by atoms with Gasteiger partial charge in [0.05, 0.1) is 12.4 Å². The minimum absolute atomic E-state index is 0.433. The van der Waals surface area contributed by atoms with E-state index < -0.39 is 0 Å². The summed E-state index contributed by atoms with van der Waals surface area (Å²) in [5, 5.41) is 4.39. The van der Waals surface area contributed by atoms with Gasteiger partial charge in [-0.1, -0.05) is 11.6 Å². The largest absolute Gasteiger partial charge is 0.368 e. The average molecular weight is 262 g/mol. The molecule has 0 bridgehead atoms. The van der Waals surface area contributed by atoms with Crippen molar-refractivity contribution in [2.75, 3.05) is 29.1 Å². The summed E-state index contributed by atoms with van der Waals surface area (Å²) in [5.74, 6) is 4.56. The quantitative estimate of drug-likeness (QED) is 0.905. The van der Waals surface area contributed by atoms with E-state index in [9.17, 15) is 0 Å². The highest BCUT2D eigenvalue weighted by molar-refractivity contribution is 8.06. The van der Waals surface area contributed by atoms with Gasteiger partial charge in [-0.05, 0) is 0 Å². The van der Waals surface area contributed by atoms with Crippen LogP contribution in [0.25, 0.3) is 0 Å². The van der Waals surface area contributed by atoms with Gasteiger partial charge in [0.25, 0.3) is 0 Å². The van der Waals surface area contributed by atoms with Crippen LogP contribution in [0.2, 0.25) is 5.15 Å². The summed E-state index contributed by atoms with van der Waals surface area (Å²) in [6.07, 6.45) is 3.23. The molecule has 1 N–H and O–H groups in total. The first-order chi connectivity index (χ1) is 7.34. The van der Waals surface area contributed by atoms with Crippen molar-refractivity contribution in [1.82, 2.24) is 9.97 Å². The van der Waals surface area contributed by atoms with Gasteiger partial charge in [0.1, 0.15) is 11.0 Å². The van der Waals surface area contributed by atoms with Gasteiger partial charge in [-0.2, -0.15) is 23.5 Å². The molecule has 2 heterocycles. The van der Waals surface area contributed by atoms with E-state index in [0.717, 1.165) is 12.4 Å². The van der Waals surface area contributed by atoms with Crippen LogP contribution < -0.4 is 5.32 Å². The maximum Gasteiger partial charge on any atom is 0.147 e. The summed E-state index contributed by atoms with van der Waals surface area (Å²) < 4.78 is 0. The molecule has 0 aromatic carbocycles. The lowest BCUT2D eigenvalue weighted by Crippen LogP contribution is -2.23. The van der Waals surface area contributed by atoms with Gasteiger partial charge in [-0.25, -0.2) is 9.97 Å². The molecule has 1 aromatic rings. The fraction of sp³-hybridized carbons (Fsp3) is 0.556. The topological polar surface area (TPSA) is 37.8 Å². The van der Waals surface area contributed by atoms with Crippen LogP contribution in [-0.2, 0) is 0 Å². The van der Waals surface area contributed by atoms with Crippen molar-refractivity contribution in [1.29, 1.82) is 0 Å². The lowest BCUT2D eigenvalue weighted by molar-refractivity contribution is 0.987. The number of thioether (sulfide) groups is 2. The molecule has 1 unspecified atom stereocenters. The van der Waals surface area contributed by atoms with Gasteiger partial charge in [-0.3, -0.25) is 0 Å². The van der Waals surface area contributed by atoms with Crippen LogP contribution in [0.1, 0.15) is 0 Å². The van der Waals surface area contributed by atoms with Gasteiger partial charge in [0, 0.05) is 29.1 Å². The standard InChI is InChI=1S/C9H12ClN3S2/c10-8-4-13-9(5-11-8)12-3-7-6-14-1-2-15-7/h4-5,7H,1-3,6H2,(H,12,13). The van der Waals surface area contributed by atoms with E-state index in [0.29, 0.717) is 10.4 Å². The molecule has 1 aliphatic rings. The third-order valence-electron chi connectivity index (χ3n) is 2.02. The number of anilines is 1. The van der Waals surface area contributed by atoms with E-state index in [2.05, 4.69) is 15.3 Å². The fourth-order valence-electron chi connectivity index (χ4n) is 1.28. The van der Waals surface area contributed by atoms with E-state index >= 15 is 0 Å². The van der Waals surface area contributed by atoms with Crippen LogP contribution in [0, 0.1) is 0 Å². The number of hydrogen-bond donors (Lipinski definition) is 1. The third-order valence-corrected chi connectivity index (χ3v) is 5.06. The molecule has 0 radical (unpaired) electrons. The van der Waals surface area contributed by atoms with Crippen LogP contribution in [0.15, 0.2) is 12.4 Å². The first kappa shape index (κ1) is 11.4. The van der Waals surface area contributed by atoms with Crippen molar-refractivity contribution >= 4 is 40.9 Å². The summed E-state index contributed by atoms with van der Waals surface area (Å²) in [6.45, 7) is 0.952. The lowest BCUT2D eigenvalue weighted by atomic mass is 10.4. The van der Waals surface area contributed by atoms with E-state index in [-0.39, 0.29) is 0 Å². The molecule has 1 aliphatic heterocycles. The van der Waals surface area contributed by atoms with Crippen molar-refractivity contribution in [3.05, 3.63) is 17.5 Å². The summed E-state index contributed by atoms with van der Waals surface area (Å²) in [7, 11) is 0. The zero-order chi connectivity index (χ0) is 10.5. The molecule has 0 spiro atoms. The molecule has 0 saturated carbocycles. The van der Waals surface area contributed by atoms with Crippen molar-refractivity contribution in [3.8, 4) is 0 Å². The highest BCUT2D eigenvalue weighted by Gasteiger charge is 2.13. The minimum atomic E-state index is 0.433. The first-order valence-corrected chi connectivity index (χ1v) is 7.33. The third kappa shape index (κ3) is 3.74. The number of rotatable bonds is 3. The van der Waals surface area contributed by atoms with Gasteiger partial charge < -0.3 is 5.32 Å². The normalized spacial score (nSPS) is 21.3. The molecule has 15 heavy (non-hydrogen) atoms. The second kappa shape index (κ2) is 5.82. The summed E-state index contributed by atoms with van der Waals surface area (Å²) in [5.41, 5.74) is 0. The van der Waals surface area contributed by atoms with Gasteiger partial charge in [0.2, 0.25) is 0 Å². The Morgan fingerprint density at radius 2 is 2.33 bits per heavy atom. The molecule has 1 saturated heterocycles. The van der Waals surface area contributed by atoms with Gasteiger partial charge in [0.15, 0.2) is 0 Å². The molecule has 1 atom stereocenters. The molecule has 82 valence electrons. The average Bonchev–Trinajstić information content (AvgIpc) is 2.30. The molecule has 2 rings (SSSR count). The maximum atomic E-state index is 5.65. The summed E-state index contributed by atoms with van der Waals surface area (Å²) in [6, 6.07) is 0. The summed E-state index contributed by atoms with van der Waals surface area (Å²) in [4.78, 5) is 8.11. The molecule has 1 aromatic heterocycles. The number of halogens is 1. The Hall–Kier alpha value is -0.130. The SMILES string of the molecule is Clc1cnc(NCC2CSCCS2)cn1. The second-order valence-corrected chi connectivity index (χ2v) is 6.12. The molecule has 1 fully saturated rings. The van der Waals surface area contributed by atoms with E-state index in [1.54, 1.807) is 12.4 Å². The number of nitrogens with one attached hydrogen (secondary N) is 1. The van der Waals surface area contributed by atoms with Gasteiger partial charge >= 0.3 is 0 Å². The predicted octanol–water partition coefficient (Wildman–Crippen LogP) is 2.39. The Morgan fingerprint density at radius 3 is 3.00 bits per heavy atom. The highest BCUT2D eigenvalue weighted by Crippen LogP contribution is 2.23. The Labute approximate surface area is 103 Å². The first-order valence-electron chi connectivity index (χ1n) is 4.75. The van der Waals surface area contributed by atoms with Crippen LogP contribution >= 0.6 is 35.1 Å². The zero-order valence-corrected chi connectivity index (χ0v) is 10.5. The maximum absolute atomic E-state index is 5.65. The molecule has 0 aliphatic carbocycles. The van der Waals surface area contributed by atoms with Crippen molar-refractivity contribution in [2.45, 2.75) is 5.25 Å². The Balaban J connectivity index is 1.79. The number of aromatic nitrogens is 2. The zero-order valence-electron chi connectivity index (χ0n) is 8.15. The molecule has 0 amide bonds. The lowest BCUT2D eigenvalue weighted by Gasteiger charge is -2.21. The second-order valence-electron chi connectivity index (χ2n) is 3.17. The monoisotopic (exact) mass is 261 g/mol. The van der Waals surface area contributed by atoms with Crippen LogP contribution in [0.4, 0.5) is 5.82 Å². The Bertz CT molecular complexity index is 301. The molecular weight excluding hydrogens is 250 g/mol.